The molecule has 14 heavy (non-hydrogen) atoms. The maximum atomic E-state index is 11.6. The minimum absolute atomic E-state index is 0.0763. The molecule has 4 heteroatoms. The maximum absolute atomic E-state index is 11.6. The third kappa shape index (κ3) is 2.38. The van der Waals surface area contributed by atoms with Crippen LogP contribution in [0.25, 0.3) is 0 Å². The lowest BCUT2D eigenvalue weighted by Crippen LogP contribution is -2.44. The van der Waals surface area contributed by atoms with Crippen molar-refractivity contribution in [2.24, 2.45) is 0 Å². The molecule has 0 aliphatic carbocycles. The van der Waals surface area contributed by atoms with Crippen molar-refractivity contribution in [3.8, 4) is 0 Å². The molecule has 4 nitrogen and oxygen atoms in total. The zero-order valence-corrected chi connectivity index (χ0v) is 8.66. The molecule has 0 spiro atoms. The van der Waals surface area contributed by atoms with Crippen LogP contribution in [-0.4, -0.2) is 42.8 Å². The van der Waals surface area contributed by atoms with Gasteiger partial charge in [0.05, 0.1) is 6.10 Å². The third-order valence-electron chi connectivity index (χ3n) is 2.93. The highest BCUT2D eigenvalue weighted by atomic mass is 16.6. The van der Waals surface area contributed by atoms with Gasteiger partial charge in [-0.15, -0.1) is 0 Å². The molecule has 2 aliphatic rings. The predicted molar refractivity (Wildman–Crippen MR) is 53.2 cm³/mol. The summed E-state index contributed by atoms with van der Waals surface area (Å²) in [5.74, 6) is 0. The lowest BCUT2D eigenvalue weighted by atomic mass is 10.1. The molecule has 2 unspecified atom stereocenters. The van der Waals surface area contributed by atoms with Gasteiger partial charge in [0.25, 0.3) is 0 Å². The number of likely N-dealkylation sites (tertiary alicyclic amines) is 1. The highest BCUT2D eigenvalue weighted by molar-refractivity contribution is 5.74. The summed E-state index contributed by atoms with van der Waals surface area (Å²) in [5.41, 5.74) is 0. The molecule has 0 bridgehead atoms. The van der Waals surface area contributed by atoms with Gasteiger partial charge in [-0.25, -0.2) is 4.79 Å². The third-order valence-corrected chi connectivity index (χ3v) is 2.93. The summed E-state index contributed by atoms with van der Waals surface area (Å²) < 4.78 is 5.22. The van der Waals surface area contributed by atoms with Gasteiger partial charge in [0.15, 0.2) is 0 Å². The van der Waals surface area contributed by atoms with Gasteiger partial charge in [0.2, 0.25) is 0 Å². The smallest absolute Gasteiger partial charge is 0.317 e. The molecule has 0 aromatic heterocycles. The molecule has 2 heterocycles. The van der Waals surface area contributed by atoms with Gasteiger partial charge < -0.3 is 15.0 Å². The van der Waals surface area contributed by atoms with Crippen LogP contribution in [-0.2, 0) is 4.74 Å². The van der Waals surface area contributed by atoms with Gasteiger partial charge in [-0.3, -0.25) is 0 Å². The first-order chi connectivity index (χ1) is 6.77. The van der Waals surface area contributed by atoms with Gasteiger partial charge in [-0.2, -0.15) is 0 Å². The molecular weight excluding hydrogens is 180 g/mol. The number of nitrogens with zero attached hydrogens (tertiary/aromatic N) is 1. The summed E-state index contributed by atoms with van der Waals surface area (Å²) in [7, 11) is 0. The first kappa shape index (κ1) is 9.77. The van der Waals surface area contributed by atoms with Gasteiger partial charge in [0.1, 0.15) is 6.10 Å². The van der Waals surface area contributed by atoms with E-state index in [1.807, 2.05) is 11.8 Å². The molecule has 2 rings (SSSR count). The van der Waals surface area contributed by atoms with E-state index in [4.69, 9.17) is 4.74 Å². The minimum Gasteiger partial charge on any atom is -0.368 e. The van der Waals surface area contributed by atoms with Crippen LogP contribution in [0, 0.1) is 0 Å². The average molecular weight is 198 g/mol. The van der Waals surface area contributed by atoms with Crippen LogP contribution in [0.4, 0.5) is 4.79 Å². The Balaban J connectivity index is 1.66. The number of epoxide rings is 1. The summed E-state index contributed by atoms with van der Waals surface area (Å²) in [4.78, 5) is 13.5. The van der Waals surface area contributed by atoms with Gasteiger partial charge >= 0.3 is 6.03 Å². The molecule has 2 fully saturated rings. The summed E-state index contributed by atoms with van der Waals surface area (Å²) in [5, 5.41) is 2.91. The van der Waals surface area contributed by atoms with E-state index in [0.29, 0.717) is 12.6 Å². The van der Waals surface area contributed by atoms with E-state index in [1.165, 1.54) is 6.42 Å². The molecule has 0 aromatic carbocycles. The molecule has 2 atom stereocenters. The largest absolute Gasteiger partial charge is 0.368 e. The fourth-order valence-electron chi connectivity index (χ4n) is 1.84. The first-order valence-corrected chi connectivity index (χ1v) is 5.45. The fraction of sp³-hybridized carbons (Fsp3) is 0.900. The Hall–Kier alpha value is -0.770. The maximum Gasteiger partial charge on any atom is 0.317 e. The lowest BCUT2D eigenvalue weighted by Gasteiger charge is -2.26. The molecule has 0 radical (unpaired) electrons. The highest BCUT2D eigenvalue weighted by Gasteiger charge is 2.34. The van der Waals surface area contributed by atoms with Gasteiger partial charge in [-0.1, -0.05) is 0 Å². The lowest BCUT2D eigenvalue weighted by molar-refractivity contribution is 0.185. The predicted octanol–water partition coefficient (Wildman–Crippen LogP) is 0.969. The normalized spacial score (nSPS) is 31.4. The number of rotatable bonds is 2. The summed E-state index contributed by atoms with van der Waals surface area (Å²) >= 11 is 0. The molecule has 1 N–H and O–H groups in total. The van der Waals surface area contributed by atoms with E-state index >= 15 is 0 Å². The Morgan fingerprint density at radius 2 is 2.07 bits per heavy atom. The van der Waals surface area contributed by atoms with Crippen molar-refractivity contribution in [3.63, 3.8) is 0 Å². The van der Waals surface area contributed by atoms with E-state index in [1.54, 1.807) is 0 Å². The standard InChI is InChI=1S/C10H18N2O2/c1-8-9(14-8)7-11-10(13)12-5-3-2-4-6-12/h8-9H,2-7H2,1H3,(H,11,13). The summed E-state index contributed by atoms with van der Waals surface area (Å²) in [6.07, 6.45) is 4.13. The number of piperidine rings is 1. The summed E-state index contributed by atoms with van der Waals surface area (Å²) in [6, 6.07) is 0.0763. The Morgan fingerprint density at radius 1 is 1.43 bits per heavy atom. The Morgan fingerprint density at radius 3 is 2.64 bits per heavy atom. The fourth-order valence-corrected chi connectivity index (χ4v) is 1.84. The van der Waals surface area contributed by atoms with E-state index in [2.05, 4.69) is 5.32 Å². The zero-order valence-electron chi connectivity index (χ0n) is 8.66. The van der Waals surface area contributed by atoms with Crippen LogP contribution < -0.4 is 5.32 Å². The second kappa shape index (κ2) is 4.17. The van der Waals surface area contributed by atoms with Crippen LogP contribution in [0.1, 0.15) is 26.2 Å². The SMILES string of the molecule is CC1OC1CNC(=O)N1CCCCC1. The number of nitrogens with one attached hydrogen (secondary N) is 1. The van der Waals surface area contributed by atoms with Crippen molar-refractivity contribution in [1.29, 1.82) is 0 Å². The molecule has 0 saturated carbocycles. The van der Waals surface area contributed by atoms with Crippen molar-refractivity contribution >= 4 is 6.03 Å². The van der Waals surface area contributed by atoms with Crippen LogP contribution >= 0.6 is 0 Å². The number of hydrogen-bond donors (Lipinski definition) is 1. The quantitative estimate of drug-likeness (QED) is 0.672. The Bertz CT molecular complexity index is 214. The van der Waals surface area contributed by atoms with Crippen molar-refractivity contribution < 1.29 is 9.53 Å². The molecule has 2 saturated heterocycles. The van der Waals surface area contributed by atoms with Crippen molar-refractivity contribution in [2.45, 2.75) is 38.4 Å². The zero-order chi connectivity index (χ0) is 9.97. The Kier molecular flexibility index (Phi) is 2.91. The number of urea groups is 1. The van der Waals surface area contributed by atoms with Crippen molar-refractivity contribution in [3.05, 3.63) is 0 Å². The van der Waals surface area contributed by atoms with Gasteiger partial charge in [0, 0.05) is 19.6 Å². The molecule has 2 aliphatic heterocycles. The van der Waals surface area contributed by atoms with Crippen molar-refractivity contribution in [2.75, 3.05) is 19.6 Å². The molecule has 0 aromatic rings. The second-order valence-corrected chi connectivity index (χ2v) is 4.11. The minimum atomic E-state index is 0.0763. The number of amides is 2. The van der Waals surface area contributed by atoms with Crippen LogP contribution in [0.5, 0.6) is 0 Å². The Labute approximate surface area is 84.6 Å². The van der Waals surface area contributed by atoms with Crippen molar-refractivity contribution in [1.82, 2.24) is 10.2 Å². The number of carbonyl (C=O) groups is 1. The second-order valence-electron chi connectivity index (χ2n) is 4.11. The number of ether oxygens (including phenoxy) is 1. The molecule has 80 valence electrons. The first-order valence-electron chi connectivity index (χ1n) is 5.45. The number of carbonyl (C=O) groups excluding carboxylic acids is 1. The summed E-state index contributed by atoms with van der Waals surface area (Å²) in [6.45, 7) is 4.51. The topological polar surface area (TPSA) is 44.9 Å². The molecule has 2 amide bonds. The highest BCUT2D eigenvalue weighted by Crippen LogP contribution is 2.19. The van der Waals surface area contributed by atoms with Gasteiger partial charge in [-0.05, 0) is 26.2 Å². The van der Waals surface area contributed by atoms with Crippen LogP contribution in [0.2, 0.25) is 0 Å². The van der Waals surface area contributed by atoms with E-state index in [0.717, 1.165) is 25.9 Å². The van der Waals surface area contributed by atoms with E-state index in [9.17, 15) is 4.79 Å². The average Bonchev–Trinajstić information content (AvgIpc) is 2.92. The van der Waals surface area contributed by atoms with E-state index < -0.39 is 0 Å². The van der Waals surface area contributed by atoms with Crippen LogP contribution in [0.15, 0.2) is 0 Å². The number of hydrogen-bond acceptors (Lipinski definition) is 2. The monoisotopic (exact) mass is 198 g/mol. The van der Waals surface area contributed by atoms with E-state index in [-0.39, 0.29) is 12.1 Å². The van der Waals surface area contributed by atoms with Crippen LogP contribution in [0.3, 0.4) is 0 Å². The molecular formula is C10H18N2O2.